The Hall–Kier alpha value is -2.88. The molecule has 124 valence electrons. The van der Waals surface area contributed by atoms with E-state index in [2.05, 4.69) is 0 Å². The van der Waals surface area contributed by atoms with E-state index >= 15 is 0 Å². The van der Waals surface area contributed by atoms with Crippen LogP contribution in [0.3, 0.4) is 0 Å². The monoisotopic (exact) mass is 324 g/mol. The van der Waals surface area contributed by atoms with Crippen LogP contribution in [0.5, 0.6) is 0 Å². The smallest absolute Gasteiger partial charge is 0.336 e. The van der Waals surface area contributed by atoms with Crippen molar-refractivity contribution in [2.75, 3.05) is 0 Å². The molecule has 2 rings (SSSR count). The Labute approximate surface area is 141 Å². The summed E-state index contributed by atoms with van der Waals surface area (Å²) in [6.07, 6.45) is 2.19. The number of aliphatic carboxylic acids is 1. The molecular weight excluding hydrogens is 304 g/mol. The van der Waals surface area contributed by atoms with Gasteiger partial charge in [-0.15, -0.1) is 0 Å². The zero-order valence-electron chi connectivity index (χ0n) is 13.5. The molecule has 0 aliphatic heterocycles. The van der Waals surface area contributed by atoms with E-state index in [1.54, 1.807) is 42.5 Å². The van der Waals surface area contributed by atoms with E-state index in [4.69, 9.17) is 0 Å². The maximum Gasteiger partial charge on any atom is 0.336 e. The second kappa shape index (κ2) is 8.11. The summed E-state index contributed by atoms with van der Waals surface area (Å²) in [5, 5.41) is 19.2. The number of carbonyl (C=O) groups is 2. The Kier molecular flexibility index (Phi) is 5.90. The lowest BCUT2D eigenvalue weighted by atomic mass is 9.88. The van der Waals surface area contributed by atoms with Crippen LogP contribution in [0.2, 0.25) is 0 Å². The highest BCUT2D eigenvalue weighted by molar-refractivity contribution is 6.24. The molecule has 0 aliphatic carbocycles. The van der Waals surface area contributed by atoms with Crippen molar-refractivity contribution in [1.82, 2.24) is 0 Å². The largest absolute Gasteiger partial charge is 0.478 e. The first-order valence-electron chi connectivity index (χ1n) is 7.90. The van der Waals surface area contributed by atoms with Gasteiger partial charge >= 0.3 is 11.9 Å². The normalized spacial score (nSPS) is 11.7. The zero-order chi connectivity index (χ0) is 17.5. The summed E-state index contributed by atoms with van der Waals surface area (Å²) in [5.41, 5.74) is 1.90. The Balaban J connectivity index is 2.75. The Morgan fingerprint density at radius 3 is 2.00 bits per heavy atom. The van der Waals surface area contributed by atoms with Gasteiger partial charge in [0.2, 0.25) is 0 Å². The van der Waals surface area contributed by atoms with Crippen LogP contribution in [0.25, 0.3) is 11.1 Å². The van der Waals surface area contributed by atoms with Gasteiger partial charge in [-0.2, -0.15) is 0 Å². The van der Waals surface area contributed by atoms with Crippen LogP contribution < -0.4 is 0 Å². The maximum absolute atomic E-state index is 12.0. The molecule has 0 amide bonds. The van der Waals surface area contributed by atoms with Crippen molar-refractivity contribution in [2.45, 2.75) is 26.2 Å². The van der Waals surface area contributed by atoms with Gasteiger partial charge in [0.05, 0.1) is 11.1 Å². The van der Waals surface area contributed by atoms with Crippen molar-refractivity contribution in [3.05, 3.63) is 71.3 Å². The molecule has 2 aromatic carbocycles. The maximum atomic E-state index is 12.0. The Morgan fingerprint density at radius 2 is 1.46 bits per heavy atom. The summed E-state index contributed by atoms with van der Waals surface area (Å²) >= 11 is 0. The summed E-state index contributed by atoms with van der Waals surface area (Å²) in [6, 6.07) is 15.4. The fourth-order valence-electron chi connectivity index (χ4n) is 2.71. The van der Waals surface area contributed by atoms with Crippen molar-refractivity contribution >= 4 is 23.1 Å². The molecule has 0 heterocycles. The second-order valence-corrected chi connectivity index (χ2v) is 5.48. The molecule has 4 heteroatoms. The average molecular weight is 324 g/mol. The summed E-state index contributed by atoms with van der Waals surface area (Å²) in [5.74, 6) is -2.11. The summed E-state index contributed by atoms with van der Waals surface area (Å²) in [7, 11) is 0. The van der Waals surface area contributed by atoms with Crippen LogP contribution in [-0.2, 0) is 4.79 Å². The lowest BCUT2D eigenvalue weighted by Gasteiger charge is -2.15. The number of carboxylic acid groups (broad SMARTS) is 2. The minimum atomic E-state index is -1.06. The van der Waals surface area contributed by atoms with Gasteiger partial charge < -0.3 is 10.2 Å². The third-order valence-corrected chi connectivity index (χ3v) is 3.84. The molecule has 24 heavy (non-hydrogen) atoms. The number of benzene rings is 2. The van der Waals surface area contributed by atoms with Crippen molar-refractivity contribution in [3.8, 4) is 0 Å². The third-order valence-electron chi connectivity index (χ3n) is 3.84. The summed E-state index contributed by atoms with van der Waals surface area (Å²) < 4.78 is 0. The van der Waals surface area contributed by atoms with Crippen molar-refractivity contribution in [2.24, 2.45) is 0 Å². The first-order chi connectivity index (χ1) is 11.6. The average Bonchev–Trinajstić information content (AvgIpc) is 2.59. The summed E-state index contributed by atoms with van der Waals surface area (Å²) in [4.78, 5) is 23.5. The number of hydrogen-bond acceptors (Lipinski definition) is 2. The molecular formula is C20H20O4. The predicted molar refractivity (Wildman–Crippen MR) is 93.8 cm³/mol. The lowest BCUT2D eigenvalue weighted by Crippen LogP contribution is -2.08. The molecule has 0 fully saturated rings. The molecule has 0 saturated heterocycles. The zero-order valence-corrected chi connectivity index (χ0v) is 13.5. The fraction of sp³-hybridized carbons (Fsp3) is 0.200. The van der Waals surface area contributed by atoms with E-state index in [9.17, 15) is 19.8 Å². The predicted octanol–water partition coefficient (Wildman–Crippen LogP) is 4.57. The van der Waals surface area contributed by atoms with E-state index < -0.39 is 11.9 Å². The van der Waals surface area contributed by atoms with Crippen molar-refractivity contribution in [1.29, 1.82) is 0 Å². The van der Waals surface area contributed by atoms with E-state index in [1.807, 2.05) is 13.0 Å². The summed E-state index contributed by atoms with van der Waals surface area (Å²) in [6.45, 7) is 2.02. The van der Waals surface area contributed by atoms with Gasteiger partial charge in [-0.3, -0.25) is 0 Å². The SMILES string of the molecule is CCCCC(=C(C(=O)O)c1ccccc1)c1ccccc1C(=O)O. The molecule has 0 aliphatic rings. The number of rotatable bonds is 7. The molecule has 0 saturated carbocycles. The van der Waals surface area contributed by atoms with Gasteiger partial charge in [0.15, 0.2) is 0 Å². The minimum Gasteiger partial charge on any atom is -0.478 e. The fourth-order valence-corrected chi connectivity index (χ4v) is 2.71. The van der Waals surface area contributed by atoms with Crippen LogP contribution in [0, 0.1) is 0 Å². The molecule has 0 unspecified atom stereocenters. The first kappa shape index (κ1) is 17.5. The minimum absolute atomic E-state index is 0.123. The highest BCUT2D eigenvalue weighted by Gasteiger charge is 2.21. The highest BCUT2D eigenvalue weighted by atomic mass is 16.4. The van der Waals surface area contributed by atoms with E-state index in [0.29, 0.717) is 23.1 Å². The Morgan fingerprint density at radius 1 is 0.875 bits per heavy atom. The van der Waals surface area contributed by atoms with Crippen molar-refractivity contribution in [3.63, 3.8) is 0 Å². The number of carboxylic acids is 2. The van der Waals surface area contributed by atoms with Crippen LogP contribution in [0.4, 0.5) is 0 Å². The molecule has 0 atom stereocenters. The number of hydrogen-bond donors (Lipinski definition) is 2. The molecule has 0 radical (unpaired) electrons. The van der Waals surface area contributed by atoms with Crippen LogP contribution in [0.15, 0.2) is 54.6 Å². The molecule has 0 spiro atoms. The molecule has 4 nitrogen and oxygen atoms in total. The lowest BCUT2D eigenvalue weighted by molar-refractivity contribution is -0.130. The molecule has 2 aromatic rings. The van der Waals surface area contributed by atoms with Crippen molar-refractivity contribution < 1.29 is 19.8 Å². The molecule has 0 bridgehead atoms. The van der Waals surface area contributed by atoms with Crippen LogP contribution >= 0.6 is 0 Å². The van der Waals surface area contributed by atoms with Gasteiger partial charge in [0.1, 0.15) is 0 Å². The van der Waals surface area contributed by atoms with E-state index in [1.165, 1.54) is 6.07 Å². The Bertz CT molecular complexity index is 760. The standard InChI is InChI=1S/C20H20O4/c1-2-3-11-16(15-12-7-8-13-17(15)19(21)22)18(20(23)24)14-9-5-4-6-10-14/h4-10,12-13H,2-3,11H2,1H3,(H,21,22)(H,23,24). The van der Waals surface area contributed by atoms with Gasteiger partial charge in [-0.25, -0.2) is 9.59 Å². The van der Waals surface area contributed by atoms with Crippen LogP contribution in [-0.4, -0.2) is 22.2 Å². The van der Waals surface area contributed by atoms with Gasteiger partial charge in [-0.05, 0) is 35.6 Å². The first-order valence-corrected chi connectivity index (χ1v) is 7.90. The van der Waals surface area contributed by atoms with Gasteiger partial charge in [0.25, 0.3) is 0 Å². The number of unbranched alkanes of at least 4 members (excludes halogenated alkanes) is 1. The molecule has 2 N–H and O–H groups in total. The number of aromatic carboxylic acids is 1. The quantitative estimate of drug-likeness (QED) is 0.578. The highest BCUT2D eigenvalue weighted by Crippen LogP contribution is 2.32. The number of allylic oxidation sites excluding steroid dienone is 1. The third kappa shape index (κ3) is 3.90. The van der Waals surface area contributed by atoms with Crippen LogP contribution in [0.1, 0.15) is 47.7 Å². The topological polar surface area (TPSA) is 74.6 Å². The van der Waals surface area contributed by atoms with Gasteiger partial charge in [0, 0.05) is 0 Å². The van der Waals surface area contributed by atoms with E-state index in [0.717, 1.165) is 12.8 Å². The van der Waals surface area contributed by atoms with Gasteiger partial charge in [-0.1, -0.05) is 61.9 Å². The van der Waals surface area contributed by atoms with E-state index in [-0.39, 0.29) is 11.1 Å². The second-order valence-electron chi connectivity index (χ2n) is 5.48. The molecule has 0 aromatic heterocycles.